The molecule has 0 amide bonds. The molecule has 1 unspecified atom stereocenters. The molecule has 0 aliphatic rings. The maximum Gasteiger partial charge on any atom is 0.134 e. The summed E-state index contributed by atoms with van der Waals surface area (Å²) in [5, 5.41) is 23.1. The number of hydrogen-bond acceptors (Lipinski definition) is 3. The quantitative estimate of drug-likeness (QED) is 0.785. The Kier molecular flexibility index (Phi) is 5.17. The summed E-state index contributed by atoms with van der Waals surface area (Å²) in [7, 11) is 0. The normalized spacial score (nSPS) is 12.3. The van der Waals surface area contributed by atoms with Crippen LogP contribution in [0, 0.1) is 6.92 Å². The van der Waals surface area contributed by atoms with Crippen molar-refractivity contribution < 1.29 is 10.2 Å². The largest absolute Gasteiger partial charge is 0.506 e. The Hall–Kier alpha value is -1.36. The number of aliphatic hydroxyl groups excluding tert-OH is 1. The molecule has 0 aromatic heterocycles. The average Bonchev–Trinajstić information content (AvgIpc) is 2.43. The number of hydrogen-bond donors (Lipinski definition) is 3. The number of aryl methyl sites for hydroxylation is 1. The van der Waals surface area contributed by atoms with Crippen molar-refractivity contribution in [3.63, 3.8) is 0 Å². The lowest BCUT2D eigenvalue weighted by atomic mass is 10.1. The minimum Gasteiger partial charge on any atom is -0.506 e. The number of halogens is 1. The molecule has 2 rings (SSSR count). The van der Waals surface area contributed by atoms with Crippen molar-refractivity contribution >= 4 is 15.9 Å². The molecule has 1 atom stereocenters. The van der Waals surface area contributed by atoms with Gasteiger partial charge in [0.2, 0.25) is 0 Å². The number of phenols is 1. The van der Waals surface area contributed by atoms with Crippen LogP contribution < -0.4 is 5.32 Å². The molecule has 0 aliphatic heterocycles. The van der Waals surface area contributed by atoms with Crippen molar-refractivity contribution in [2.24, 2.45) is 0 Å². The molecule has 0 radical (unpaired) electrons. The Morgan fingerprint density at radius 3 is 2.70 bits per heavy atom. The third kappa shape index (κ3) is 3.82. The molecule has 2 aromatic rings. The molecule has 0 saturated carbocycles. The first-order chi connectivity index (χ1) is 9.58. The maximum atomic E-state index is 10.1. The molecular formula is C16H18BrNO2. The number of benzene rings is 2. The lowest BCUT2D eigenvalue weighted by Gasteiger charge is -2.13. The molecule has 0 aliphatic carbocycles. The van der Waals surface area contributed by atoms with Crippen LogP contribution in [-0.4, -0.2) is 16.8 Å². The van der Waals surface area contributed by atoms with E-state index in [0.29, 0.717) is 17.6 Å². The van der Waals surface area contributed by atoms with Gasteiger partial charge in [-0.15, -0.1) is 0 Å². The maximum absolute atomic E-state index is 10.1. The molecule has 3 N–H and O–H groups in total. The van der Waals surface area contributed by atoms with Crippen molar-refractivity contribution in [1.82, 2.24) is 5.32 Å². The highest BCUT2D eigenvalue weighted by molar-refractivity contribution is 9.10. The smallest absolute Gasteiger partial charge is 0.134 e. The fourth-order valence-electron chi connectivity index (χ4n) is 2.04. The van der Waals surface area contributed by atoms with E-state index in [-0.39, 0.29) is 5.75 Å². The van der Waals surface area contributed by atoms with Gasteiger partial charge in [0.25, 0.3) is 0 Å². The van der Waals surface area contributed by atoms with Crippen LogP contribution in [0.3, 0.4) is 0 Å². The van der Waals surface area contributed by atoms with Crippen molar-refractivity contribution in [1.29, 1.82) is 0 Å². The van der Waals surface area contributed by atoms with Gasteiger partial charge >= 0.3 is 0 Å². The first-order valence-corrected chi connectivity index (χ1v) is 7.29. The summed E-state index contributed by atoms with van der Waals surface area (Å²) in [4.78, 5) is 0. The summed E-state index contributed by atoms with van der Waals surface area (Å²) in [6.07, 6.45) is -0.552. The minimum atomic E-state index is -0.552. The highest BCUT2D eigenvalue weighted by Gasteiger charge is 2.08. The van der Waals surface area contributed by atoms with Crippen LogP contribution in [0.4, 0.5) is 0 Å². The summed E-state index contributed by atoms with van der Waals surface area (Å²) in [5.74, 6) is 0.241. The standard InChI is InChI=1S/C16H18BrNO2/c1-11-4-2-5-12(8-11)15(19)10-18-9-13-6-3-7-14(17)16(13)20/h2-8,15,18-20H,9-10H2,1H3. The predicted molar refractivity (Wildman–Crippen MR) is 83.7 cm³/mol. The second-order valence-electron chi connectivity index (χ2n) is 4.81. The van der Waals surface area contributed by atoms with E-state index in [2.05, 4.69) is 21.2 Å². The Labute approximate surface area is 127 Å². The second kappa shape index (κ2) is 6.88. The molecule has 0 spiro atoms. The van der Waals surface area contributed by atoms with Gasteiger partial charge in [-0.3, -0.25) is 0 Å². The summed E-state index contributed by atoms with van der Waals surface area (Å²) in [6, 6.07) is 13.3. The first kappa shape index (κ1) is 15.0. The Balaban J connectivity index is 1.91. The number of para-hydroxylation sites is 1. The lowest BCUT2D eigenvalue weighted by Crippen LogP contribution is -2.21. The van der Waals surface area contributed by atoms with E-state index >= 15 is 0 Å². The van der Waals surface area contributed by atoms with Gasteiger partial charge in [0.1, 0.15) is 5.75 Å². The van der Waals surface area contributed by atoms with Gasteiger partial charge in [-0.1, -0.05) is 42.0 Å². The number of aliphatic hydroxyl groups is 1. The van der Waals surface area contributed by atoms with Gasteiger partial charge in [0.15, 0.2) is 0 Å². The van der Waals surface area contributed by atoms with Gasteiger partial charge in [-0.05, 0) is 34.5 Å². The number of nitrogens with one attached hydrogen (secondary N) is 1. The van der Waals surface area contributed by atoms with Crippen LogP contribution in [0.15, 0.2) is 46.9 Å². The average molecular weight is 336 g/mol. The van der Waals surface area contributed by atoms with E-state index in [1.54, 1.807) is 6.07 Å². The molecule has 20 heavy (non-hydrogen) atoms. The third-order valence-electron chi connectivity index (χ3n) is 3.15. The fraction of sp³-hybridized carbons (Fsp3) is 0.250. The van der Waals surface area contributed by atoms with Gasteiger partial charge in [-0.25, -0.2) is 0 Å². The zero-order chi connectivity index (χ0) is 14.5. The summed E-state index contributed by atoms with van der Waals surface area (Å²) in [6.45, 7) is 2.95. The molecule has 0 bridgehead atoms. The van der Waals surface area contributed by atoms with Crippen molar-refractivity contribution in [2.75, 3.05) is 6.54 Å². The number of phenolic OH excluding ortho intramolecular Hbond substituents is 1. The van der Waals surface area contributed by atoms with Gasteiger partial charge in [-0.2, -0.15) is 0 Å². The molecule has 4 heteroatoms. The van der Waals surface area contributed by atoms with Crippen LogP contribution in [0.5, 0.6) is 5.75 Å². The zero-order valence-corrected chi connectivity index (χ0v) is 12.9. The molecular weight excluding hydrogens is 318 g/mol. The third-order valence-corrected chi connectivity index (χ3v) is 3.79. The monoisotopic (exact) mass is 335 g/mol. The molecule has 106 valence electrons. The molecule has 2 aromatic carbocycles. The van der Waals surface area contributed by atoms with Crippen molar-refractivity contribution in [3.8, 4) is 5.75 Å². The number of aromatic hydroxyl groups is 1. The van der Waals surface area contributed by atoms with Gasteiger partial charge in [0.05, 0.1) is 10.6 Å². The molecule has 0 fully saturated rings. The highest BCUT2D eigenvalue weighted by atomic mass is 79.9. The predicted octanol–water partition coefficient (Wildman–Crippen LogP) is 3.29. The van der Waals surface area contributed by atoms with Crippen LogP contribution >= 0.6 is 15.9 Å². The van der Waals surface area contributed by atoms with E-state index in [1.807, 2.05) is 43.3 Å². The number of rotatable bonds is 5. The van der Waals surface area contributed by atoms with Gasteiger partial charge in [0, 0.05) is 18.7 Å². The highest BCUT2D eigenvalue weighted by Crippen LogP contribution is 2.27. The van der Waals surface area contributed by atoms with Crippen LogP contribution in [0.1, 0.15) is 22.8 Å². The second-order valence-corrected chi connectivity index (χ2v) is 5.66. The molecule has 3 nitrogen and oxygen atoms in total. The first-order valence-electron chi connectivity index (χ1n) is 6.49. The molecule has 0 saturated heterocycles. The van der Waals surface area contributed by atoms with Crippen molar-refractivity contribution in [3.05, 3.63) is 63.6 Å². The SMILES string of the molecule is Cc1cccc(C(O)CNCc2cccc(Br)c2O)c1. The van der Waals surface area contributed by atoms with Crippen molar-refractivity contribution in [2.45, 2.75) is 19.6 Å². The van der Waals surface area contributed by atoms with E-state index in [4.69, 9.17) is 0 Å². The zero-order valence-electron chi connectivity index (χ0n) is 11.3. The topological polar surface area (TPSA) is 52.5 Å². The van der Waals surface area contributed by atoms with E-state index in [9.17, 15) is 10.2 Å². The van der Waals surface area contributed by atoms with E-state index in [1.165, 1.54) is 0 Å². The summed E-state index contributed by atoms with van der Waals surface area (Å²) >= 11 is 3.28. The van der Waals surface area contributed by atoms with Gasteiger partial charge < -0.3 is 15.5 Å². The van der Waals surface area contributed by atoms with Crippen LogP contribution in [0.2, 0.25) is 0 Å². The van der Waals surface area contributed by atoms with E-state index in [0.717, 1.165) is 16.7 Å². The van der Waals surface area contributed by atoms with E-state index < -0.39 is 6.10 Å². The Morgan fingerprint density at radius 2 is 1.95 bits per heavy atom. The minimum absolute atomic E-state index is 0.241. The summed E-state index contributed by atoms with van der Waals surface area (Å²) < 4.78 is 0.677. The fourth-order valence-corrected chi connectivity index (χ4v) is 2.45. The Morgan fingerprint density at radius 1 is 1.20 bits per heavy atom. The summed E-state index contributed by atoms with van der Waals surface area (Å²) in [5.41, 5.74) is 2.83. The van der Waals surface area contributed by atoms with Crippen LogP contribution in [0.25, 0.3) is 0 Å². The molecule has 0 heterocycles. The van der Waals surface area contributed by atoms with Crippen LogP contribution in [-0.2, 0) is 6.54 Å². The Bertz CT molecular complexity index is 586. The lowest BCUT2D eigenvalue weighted by molar-refractivity contribution is 0.174.